The highest BCUT2D eigenvalue weighted by atomic mass is 16.1. The number of aryl methyl sites for hydroxylation is 1. The fourth-order valence-corrected chi connectivity index (χ4v) is 2.39. The Morgan fingerprint density at radius 2 is 1.83 bits per heavy atom. The summed E-state index contributed by atoms with van der Waals surface area (Å²) >= 11 is 0. The van der Waals surface area contributed by atoms with Crippen molar-refractivity contribution in [3.63, 3.8) is 0 Å². The second kappa shape index (κ2) is 7.35. The molecule has 1 unspecified atom stereocenters. The van der Waals surface area contributed by atoms with Crippen LogP contribution in [0.2, 0.25) is 0 Å². The molecular weight excluding hydrogens is 220 g/mol. The van der Waals surface area contributed by atoms with Gasteiger partial charge in [0, 0.05) is 11.8 Å². The van der Waals surface area contributed by atoms with Crippen molar-refractivity contribution in [1.82, 2.24) is 0 Å². The van der Waals surface area contributed by atoms with Crippen LogP contribution in [0.15, 0.2) is 30.3 Å². The van der Waals surface area contributed by atoms with E-state index in [9.17, 15) is 4.79 Å². The second-order valence-electron chi connectivity index (χ2n) is 5.43. The number of hydrogen-bond acceptors (Lipinski definition) is 1. The third-order valence-corrected chi connectivity index (χ3v) is 3.97. The van der Waals surface area contributed by atoms with Gasteiger partial charge in [0.1, 0.15) is 5.78 Å². The molecule has 1 nitrogen and oxygen atoms in total. The molecule has 1 fully saturated rings. The molecule has 2 rings (SSSR count). The monoisotopic (exact) mass is 246 g/mol. The molecule has 0 heterocycles. The first-order valence-electron chi connectivity index (χ1n) is 7.19. The number of carbonyl (C=O) groups excluding carboxylic acids is 1. The lowest BCUT2D eigenvalue weighted by atomic mass is 9.85. The summed E-state index contributed by atoms with van der Waals surface area (Å²) in [6.07, 6.45) is 6.52. The molecule has 0 bridgehead atoms. The van der Waals surface area contributed by atoms with Gasteiger partial charge in [-0.05, 0) is 31.2 Å². The van der Waals surface area contributed by atoms with Gasteiger partial charge in [-0.15, -0.1) is 0 Å². The van der Waals surface area contributed by atoms with Crippen LogP contribution in [0.5, 0.6) is 0 Å². The zero-order valence-electron chi connectivity index (χ0n) is 12.0. The van der Waals surface area contributed by atoms with Crippen LogP contribution in [0.4, 0.5) is 0 Å². The molecular formula is C17H26O. The summed E-state index contributed by atoms with van der Waals surface area (Å²) in [7, 11) is 0. The van der Waals surface area contributed by atoms with Crippen molar-refractivity contribution in [2.45, 2.75) is 59.3 Å². The summed E-state index contributed by atoms with van der Waals surface area (Å²) in [6.45, 7) is 6.39. The van der Waals surface area contributed by atoms with Gasteiger partial charge in [0.15, 0.2) is 0 Å². The number of Topliss-reactive ketones (excluding diaryl/α,β-unsaturated/α-hetero) is 1. The molecule has 1 saturated carbocycles. The van der Waals surface area contributed by atoms with Crippen LogP contribution in [0.25, 0.3) is 0 Å². The van der Waals surface area contributed by atoms with Gasteiger partial charge in [-0.3, -0.25) is 4.79 Å². The molecule has 1 aromatic carbocycles. The fourth-order valence-electron chi connectivity index (χ4n) is 2.39. The van der Waals surface area contributed by atoms with Crippen molar-refractivity contribution in [3.05, 3.63) is 35.9 Å². The van der Waals surface area contributed by atoms with E-state index in [4.69, 9.17) is 0 Å². The molecule has 0 N–H and O–H groups in total. The molecule has 100 valence electrons. The molecule has 1 atom stereocenters. The van der Waals surface area contributed by atoms with Crippen molar-refractivity contribution >= 4 is 5.78 Å². The topological polar surface area (TPSA) is 17.1 Å². The summed E-state index contributed by atoms with van der Waals surface area (Å²) in [5.41, 5.74) is 1.50. The molecule has 18 heavy (non-hydrogen) atoms. The quantitative estimate of drug-likeness (QED) is 0.749. The van der Waals surface area contributed by atoms with Crippen molar-refractivity contribution < 1.29 is 4.79 Å². The molecule has 0 saturated heterocycles. The predicted octanol–water partition coefficient (Wildman–Crippen LogP) is 4.79. The first kappa shape index (κ1) is 14.9. The maximum Gasteiger partial charge on any atom is 0.138 e. The largest absolute Gasteiger partial charge is 0.299 e. The zero-order valence-corrected chi connectivity index (χ0v) is 12.0. The predicted molar refractivity (Wildman–Crippen MR) is 77.7 cm³/mol. The summed E-state index contributed by atoms with van der Waals surface area (Å²) in [5.74, 6) is 0.477. The van der Waals surface area contributed by atoms with E-state index >= 15 is 0 Å². The van der Waals surface area contributed by atoms with Crippen LogP contribution < -0.4 is 0 Å². The third kappa shape index (κ3) is 4.29. The molecule has 0 aliphatic heterocycles. The summed E-state index contributed by atoms with van der Waals surface area (Å²) < 4.78 is 0. The van der Waals surface area contributed by atoms with Crippen molar-refractivity contribution in [2.24, 2.45) is 5.41 Å². The fraction of sp³-hybridized carbons (Fsp3) is 0.588. The van der Waals surface area contributed by atoms with E-state index in [-0.39, 0.29) is 5.41 Å². The van der Waals surface area contributed by atoms with Gasteiger partial charge in [-0.2, -0.15) is 0 Å². The van der Waals surface area contributed by atoms with E-state index in [2.05, 4.69) is 51.1 Å². The van der Waals surface area contributed by atoms with Crippen LogP contribution in [-0.2, 0) is 11.2 Å². The molecule has 1 aromatic rings. The van der Waals surface area contributed by atoms with E-state index in [0.717, 1.165) is 25.7 Å². The minimum absolute atomic E-state index is 0.0556. The SMILES string of the molecule is CCC1(C)CCCC1=O.CCCc1ccccc1. The Bertz CT molecular complexity index is 355. The maximum absolute atomic E-state index is 11.1. The minimum Gasteiger partial charge on any atom is -0.299 e. The van der Waals surface area contributed by atoms with Crippen LogP contribution >= 0.6 is 0 Å². The lowest BCUT2D eigenvalue weighted by Gasteiger charge is -2.17. The Kier molecular flexibility index (Phi) is 6.11. The smallest absolute Gasteiger partial charge is 0.138 e. The van der Waals surface area contributed by atoms with Gasteiger partial charge in [0.25, 0.3) is 0 Å². The van der Waals surface area contributed by atoms with Crippen molar-refractivity contribution in [1.29, 1.82) is 0 Å². The lowest BCUT2D eigenvalue weighted by Crippen LogP contribution is -2.19. The van der Waals surface area contributed by atoms with E-state index < -0.39 is 0 Å². The van der Waals surface area contributed by atoms with Crippen molar-refractivity contribution in [3.8, 4) is 0 Å². The van der Waals surface area contributed by atoms with E-state index in [1.807, 2.05) is 0 Å². The molecule has 1 heteroatoms. The summed E-state index contributed by atoms with van der Waals surface area (Å²) in [4.78, 5) is 11.1. The number of ketones is 1. The second-order valence-corrected chi connectivity index (χ2v) is 5.43. The molecule has 0 radical (unpaired) electrons. The number of carbonyl (C=O) groups is 1. The molecule has 0 spiro atoms. The Balaban J connectivity index is 0.000000180. The molecule has 1 aliphatic rings. The van der Waals surface area contributed by atoms with Gasteiger partial charge >= 0.3 is 0 Å². The van der Waals surface area contributed by atoms with Gasteiger partial charge in [0.05, 0.1) is 0 Å². The standard InChI is InChI=1S/C9H12.C8H14O/c1-2-6-9-7-4-3-5-8-9;1-3-8(2)6-4-5-7(8)9/h3-5,7-8H,2,6H2,1H3;3-6H2,1-2H3. The van der Waals surface area contributed by atoms with Crippen LogP contribution in [0, 0.1) is 5.41 Å². The van der Waals surface area contributed by atoms with Gasteiger partial charge < -0.3 is 0 Å². The zero-order chi connectivity index (χ0) is 13.4. The molecule has 0 amide bonds. The Morgan fingerprint density at radius 1 is 1.17 bits per heavy atom. The first-order valence-corrected chi connectivity index (χ1v) is 7.19. The van der Waals surface area contributed by atoms with E-state index in [1.165, 1.54) is 18.4 Å². The third-order valence-electron chi connectivity index (χ3n) is 3.97. The molecule has 1 aliphatic carbocycles. The number of hydrogen-bond donors (Lipinski definition) is 0. The highest BCUT2D eigenvalue weighted by Gasteiger charge is 2.34. The highest BCUT2D eigenvalue weighted by Crippen LogP contribution is 2.36. The summed E-state index contributed by atoms with van der Waals surface area (Å²) in [5, 5.41) is 0. The van der Waals surface area contributed by atoms with Crippen LogP contribution in [-0.4, -0.2) is 5.78 Å². The average molecular weight is 246 g/mol. The number of benzene rings is 1. The minimum atomic E-state index is 0.0556. The van der Waals surface area contributed by atoms with Crippen LogP contribution in [0.3, 0.4) is 0 Å². The Labute approximate surface area is 112 Å². The maximum atomic E-state index is 11.1. The average Bonchev–Trinajstić information content (AvgIpc) is 2.73. The van der Waals surface area contributed by atoms with Crippen LogP contribution in [0.1, 0.15) is 58.4 Å². The van der Waals surface area contributed by atoms with Gasteiger partial charge in [-0.1, -0.05) is 57.5 Å². The van der Waals surface area contributed by atoms with E-state index in [1.54, 1.807) is 0 Å². The first-order chi connectivity index (χ1) is 8.62. The highest BCUT2D eigenvalue weighted by molar-refractivity contribution is 5.86. The lowest BCUT2D eigenvalue weighted by molar-refractivity contribution is -0.125. The van der Waals surface area contributed by atoms with Gasteiger partial charge in [0.2, 0.25) is 0 Å². The summed E-state index contributed by atoms with van der Waals surface area (Å²) in [6, 6.07) is 10.6. The number of rotatable bonds is 3. The normalized spacial score (nSPS) is 22.5. The Hall–Kier alpha value is -1.11. The van der Waals surface area contributed by atoms with E-state index in [0.29, 0.717) is 5.78 Å². The van der Waals surface area contributed by atoms with Gasteiger partial charge in [-0.25, -0.2) is 0 Å². The van der Waals surface area contributed by atoms with Crippen molar-refractivity contribution in [2.75, 3.05) is 0 Å². The molecule has 0 aromatic heterocycles. The Morgan fingerprint density at radius 3 is 2.22 bits per heavy atom.